The SMILES string of the molecule is [C-]#[N+]c1ccc(-c2cncc(-c3ccc(C#N)c(-n4c5ccccc5c5ccccc54)c3)c2-n2c3ccccc3c3ccccc32)cc1-n1c2ccccc2c2ccccc21. The van der Waals surface area contributed by atoms with Gasteiger partial charge in [-0.05, 0) is 65.7 Å². The van der Waals surface area contributed by atoms with Crippen LogP contribution in [-0.4, -0.2) is 18.7 Å². The van der Waals surface area contributed by atoms with Crippen molar-refractivity contribution in [1.29, 1.82) is 5.26 Å². The fourth-order valence-corrected chi connectivity index (χ4v) is 9.59. The summed E-state index contributed by atoms with van der Waals surface area (Å²) in [5.74, 6) is 0. The van der Waals surface area contributed by atoms with Crippen LogP contribution in [0.15, 0.2) is 194 Å². The van der Waals surface area contributed by atoms with Crippen LogP contribution in [0.5, 0.6) is 0 Å². The van der Waals surface area contributed by atoms with Crippen LogP contribution in [0, 0.1) is 17.9 Å². The van der Waals surface area contributed by atoms with E-state index in [9.17, 15) is 5.26 Å². The van der Waals surface area contributed by atoms with Crippen LogP contribution in [0.1, 0.15) is 5.56 Å². The van der Waals surface area contributed by atoms with Crippen LogP contribution >= 0.6 is 0 Å². The number of nitrogens with zero attached hydrogens (tertiary/aromatic N) is 6. The molecule has 8 aromatic carbocycles. The first kappa shape index (κ1) is 34.3. The predicted octanol–water partition coefficient (Wildman–Crippen LogP) is 14.1. The number of para-hydroxylation sites is 6. The lowest BCUT2D eigenvalue weighted by Crippen LogP contribution is -2.03. The Bertz CT molecular complexity index is 3510. The van der Waals surface area contributed by atoms with Crippen molar-refractivity contribution in [2.24, 2.45) is 0 Å². The van der Waals surface area contributed by atoms with Gasteiger partial charge in [-0.15, -0.1) is 0 Å². The van der Waals surface area contributed by atoms with Gasteiger partial charge in [0.25, 0.3) is 0 Å². The lowest BCUT2D eigenvalue weighted by Gasteiger charge is -2.20. The fourth-order valence-electron chi connectivity index (χ4n) is 9.59. The Kier molecular flexibility index (Phi) is 7.56. The third-order valence-electron chi connectivity index (χ3n) is 12.2. The zero-order valence-electron chi connectivity index (χ0n) is 32.7. The van der Waals surface area contributed by atoms with Gasteiger partial charge < -0.3 is 13.7 Å². The summed E-state index contributed by atoms with van der Waals surface area (Å²) in [4.78, 5) is 9.05. The molecule has 0 saturated carbocycles. The maximum absolute atomic E-state index is 10.6. The van der Waals surface area contributed by atoms with Crippen molar-refractivity contribution < 1.29 is 0 Å². The molecule has 6 heteroatoms. The number of pyridine rings is 1. The van der Waals surface area contributed by atoms with E-state index in [4.69, 9.17) is 11.6 Å². The van der Waals surface area contributed by atoms with Gasteiger partial charge in [0.1, 0.15) is 6.07 Å². The molecule has 6 nitrogen and oxygen atoms in total. The second kappa shape index (κ2) is 13.4. The third-order valence-corrected chi connectivity index (χ3v) is 12.2. The van der Waals surface area contributed by atoms with Crippen LogP contribution in [-0.2, 0) is 0 Å². The van der Waals surface area contributed by atoms with E-state index in [0.717, 1.165) is 105 Å². The van der Waals surface area contributed by atoms with Gasteiger partial charge in [-0.25, -0.2) is 4.85 Å². The molecular formula is C55H32N6. The Morgan fingerprint density at radius 1 is 0.426 bits per heavy atom. The molecule has 0 saturated heterocycles. The number of hydrogen-bond donors (Lipinski definition) is 0. The van der Waals surface area contributed by atoms with Crippen molar-refractivity contribution in [3.05, 3.63) is 211 Å². The van der Waals surface area contributed by atoms with E-state index in [1.54, 1.807) is 0 Å². The van der Waals surface area contributed by atoms with E-state index in [1.165, 1.54) is 0 Å². The summed E-state index contributed by atoms with van der Waals surface area (Å²) in [6.45, 7) is 8.34. The molecule has 0 N–H and O–H groups in total. The predicted molar refractivity (Wildman–Crippen MR) is 249 cm³/mol. The highest BCUT2D eigenvalue weighted by molar-refractivity contribution is 6.12. The lowest BCUT2D eigenvalue weighted by molar-refractivity contribution is 1.15. The van der Waals surface area contributed by atoms with Crippen molar-refractivity contribution in [2.45, 2.75) is 0 Å². The molecule has 0 radical (unpaired) electrons. The minimum absolute atomic E-state index is 0.556. The van der Waals surface area contributed by atoms with Crippen LogP contribution in [0.25, 0.3) is 110 Å². The molecule has 4 aromatic heterocycles. The summed E-state index contributed by atoms with van der Waals surface area (Å²) in [5.41, 5.74) is 13.6. The maximum Gasteiger partial charge on any atom is 0.210 e. The molecule has 0 atom stereocenters. The number of fused-ring (bicyclic) bond motifs is 9. The maximum atomic E-state index is 10.6. The molecule has 0 spiro atoms. The summed E-state index contributed by atoms with van der Waals surface area (Å²) < 4.78 is 6.79. The molecule has 0 aliphatic carbocycles. The molecule has 61 heavy (non-hydrogen) atoms. The highest BCUT2D eigenvalue weighted by Gasteiger charge is 2.23. The zero-order valence-corrected chi connectivity index (χ0v) is 32.7. The highest BCUT2D eigenvalue weighted by atomic mass is 15.0. The normalized spacial score (nSPS) is 11.6. The van der Waals surface area contributed by atoms with Gasteiger partial charge >= 0.3 is 0 Å². The summed E-state index contributed by atoms with van der Waals surface area (Å²) in [7, 11) is 0. The Balaban J connectivity index is 1.18. The van der Waals surface area contributed by atoms with Crippen LogP contribution in [0.4, 0.5) is 5.69 Å². The molecule has 0 aliphatic rings. The minimum Gasteiger partial charge on any atom is -0.319 e. The van der Waals surface area contributed by atoms with Crippen molar-refractivity contribution >= 4 is 71.1 Å². The van der Waals surface area contributed by atoms with Gasteiger partial charge in [-0.2, -0.15) is 5.26 Å². The topological polar surface area (TPSA) is 55.8 Å². The van der Waals surface area contributed by atoms with Crippen molar-refractivity contribution in [2.75, 3.05) is 0 Å². The molecular weight excluding hydrogens is 745 g/mol. The van der Waals surface area contributed by atoms with Crippen LogP contribution in [0.2, 0.25) is 0 Å². The number of nitriles is 1. The molecule has 0 unspecified atom stereocenters. The van der Waals surface area contributed by atoms with Crippen molar-refractivity contribution in [3.63, 3.8) is 0 Å². The molecule has 4 heterocycles. The number of benzene rings is 8. The number of rotatable bonds is 5. The van der Waals surface area contributed by atoms with E-state index < -0.39 is 0 Å². The quantitative estimate of drug-likeness (QED) is 0.163. The minimum atomic E-state index is 0.556. The summed E-state index contributed by atoms with van der Waals surface area (Å²) >= 11 is 0. The van der Waals surface area contributed by atoms with E-state index in [0.29, 0.717) is 11.3 Å². The van der Waals surface area contributed by atoms with Gasteiger partial charge in [-0.1, -0.05) is 127 Å². The number of aromatic nitrogens is 4. The van der Waals surface area contributed by atoms with Gasteiger partial charge in [0.15, 0.2) is 0 Å². The summed E-state index contributed by atoms with van der Waals surface area (Å²) in [5, 5.41) is 17.4. The zero-order chi connectivity index (χ0) is 40.6. The largest absolute Gasteiger partial charge is 0.319 e. The van der Waals surface area contributed by atoms with Crippen molar-refractivity contribution in [1.82, 2.24) is 18.7 Å². The Morgan fingerprint density at radius 3 is 1.20 bits per heavy atom. The Morgan fingerprint density at radius 2 is 0.787 bits per heavy atom. The van der Waals surface area contributed by atoms with E-state index in [1.807, 2.05) is 48.8 Å². The van der Waals surface area contributed by atoms with Crippen LogP contribution < -0.4 is 0 Å². The van der Waals surface area contributed by atoms with Gasteiger partial charge in [-0.3, -0.25) is 4.98 Å². The molecule has 0 aliphatic heterocycles. The first-order valence-electron chi connectivity index (χ1n) is 20.2. The molecule has 12 aromatic rings. The lowest BCUT2D eigenvalue weighted by atomic mass is 9.96. The van der Waals surface area contributed by atoms with Gasteiger partial charge in [0.2, 0.25) is 5.69 Å². The molecule has 0 amide bonds. The molecule has 282 valence electrons. The van der Waals surface area contributed by atoms with E-state index in [2.05, 4.69) is 170 Å². The average molecular weight is 777 g/mol. The van der Waals surface area contributed by atoms with Crippen molar-refractivity contribution in [3.8, 4) is 45.4 Å². The molecule has 0 fully saturated rings. The van der Waals surface area contributed by atoms with E-state index >= 15 is 0 Å². The first-order valence-corrected chi connectivity index (χ1v) is 20.2. The Hall–Kier alpha value is -8.71. The highest BCUT2D eigenvalue weighted by Crippen LogP contribution is 2.44. The molecule has 0 bridgehead atoms. The average Bonchev–Trinajstić information content (AvgIpc) is 3.97. The standard InChI is InChI=1S/C55H32N6/c1-57-46-29-28-36(31-54(46)60-49-22-10-4-16-40(49)41-17-5-11-23-50(41)60)45-34-58-33-44(55(45)61-51-24-12-6-18-42(51)43-19-7-13-25-52(43)61)35-26-27-37(32-56)53(30-35)59-47-20-8-2-14-38(47)39-15-3-9-21-48(39)59/h2-31,33-34H. The van der Waals surface area contributed by atoms with E-state index in [-0.39, 0.29) is 0 Å². The second-order valence-corrected chi connectivity index (χ2v) is 15.4. The second-order valence-electron chi connectivity index (χ2n) is 15.4. The summed E-state index contributed by atoms with van der Waals surface area (Å²) in [6, 6.07) is 65.4. The van der Waals surface area contributed by atoms with Gasteiger partial charge in [0, 0.05) is 55.8 Å². The fraction of sp³-hybridized carbons (Fsp3) is 0. The Labute approximate surface area is 350 Å². The third kappa shape index (κ3) is 5.04. The summed E-state index contributed by atoms with van der Waals surface area (Å²) in [6.07, 6.45) is 3.89. The van der Waals surface area contributed by atoms with Crippen LogP contribution in [0.3, 0.4) is 0 Å². The smallest absolute Gasteiger partial charge is 0.210 e. The first-order chi connectivity index (χ1) is 30.2. The molecule has 12 rings (SSSR count). The van der Waals surface area contributed by atoms with Gasteiger partial charge in [0.05, 0.1) is 62.3 Å². The number of hydrogen-bond acceptors (Lipinski definition) is 2. The monoisotopic (exact) mass is 776 g/mol.